The minimum atomic E-state index is -4.04. The molecular weight excluding hydrogens is 487 g/mol. The Morgan fingerprint density at radius 2 is 1.95 bits per heavy atom. The SMILES string of the molecule is [2H]C([2H])(C)C(C)(C)c1cc2cc(CC(=O)C3(c4ccc5c(c4)OC(F)(F)O5)C([2H])([2H])C3([2H])[2H])c(F)cc2n1C([2H])([2H])[C@]([2H])(O)CO. The molecule has 3 aromatic rings. The number of aliphatic hydroxyl groups is 2. The zero-order valence-electron chi connectivity index (χ0n) is 29.1. The lowest BCUT2D eigenvalue weighted by Crippen LogP contribution is -2.26. The second kappa shape index (κ2) is 8.77. The van der Waals surface area contributed by atoms with Gasteiger partial charge in [0.05, 0.1) is 34.2 Å². The number of hydrogen-bond acceptors (Lipinski definition) is 5. The predicted molar refractivity (Wildman–Crippen MR) is 131 cm³/mol. The van der Waals surface area contributed by atoms with E-state index < -0.39 is 84.9 Å². The highest BCUT2D eigenvalue weighted by Gasteiger charge is 2.52. The number of carbonyl (C=O) groups excluding carboxylic acids is 1. The molecule has 0 amide bonds. The maximum absolute atomic E-state index is 15.8. The molecule has 2 heterocycles. The van der Waals surface area contributed by atoms with Crippen molar-refractivity contribution >= 4 is 16.7 Å². The van der Waals surface area contributed by atoms with Gasteiger partial charge in [0.2, 0.25) is 0 Å². The Balaban J connectivity index is 1.65. The molecule has 1 aromatic heterocycles. The first-order chi connectivity index (χ1) is 20.7. The number of nitrogens with zero attached hydrogens (tertiary/aromatic N) is 1. The highest BCUT2D eigenvalue weighted by molar-refractivity contribution is 5.95. The van der Waals surface area contributed by atoms with Gasteiger partial charge >= 0.3 is 6.29 Å². The van der Waals surface area contributed by atoms with Crippen molar-refractivity contribution in [3.63, 3.8) is 0 Å². The van der Waals surface area contributed by atoms with Gasteiger partial charge in [0.15, 0.2) is 11.5 Å². The predicted octanol–water partition coefficient (Wildman–Crippen LogP) is 4.99. The van der Waals surface area contributed by atoms with E-state index in [0.717, 1.165) is 30.3 Å². The Hall–Kier alpha value is -3.04. The van der Waals surface area contributed by atoms with Crippen molar-refractivity contribution in [2.45, 2.75) is 76.0 Å². The average Bonchev–Trinajstić information content (AvgIpc) is 3.23. The largest absolute Gasteiger partial charge is 0.586 e. The summed E-state index contributed by atoms with van der Waals surface area (Å²) in [5.41, 5.74) is -5.25. The first kappa shape index (κ1) is 16.7. The molecule has 9 heteroatoms. The van der Waals surface area contributed by atoms with Gasteiger partial charge in [-0.2, -0.15) is 0 Å². The van der Waals surface area contributed by atoms with Crippen LogP contribution >= 0.6 is 0 Å². The third kappa shape index (κ3) is 4.48. The highest BCUT2D eigenvalue weighted by atomic mass is 19.3. The van der Waals surface area contributed by atoms with E-state index in [4.69, 9.17) is 12.3 Å². The normalized spacial score (nSPS) is 26.2. The van der Waals surface area contributed by atoms with Gasteiger partial charge < -0.3 is 24.3 Å². The molecule has 37 heavy (non-hydrogen) atoms. The highest BCUT2D eigenvalue weighted by Crippen LogP contribution is 2.52. The fourth-order valence-corrected chi connectivity index (χ4v) is 4.28. The van der Waals surface area contributed by atoms with E-state index >= 15 is 4.39 Å². The van der Waals surface area contributed by atoms with Crippen LogP contribution in [0.4, 0.5) is 13.2 Å². The van der Waals surface area contributed by atoms with Crippen molar-refractivity contribution in [2.24, 2.45) is 0 Å². The molecule has 1 aliphatic heterocycles. The Morgan fingerprint density at radius 3 is 2.59 bits per heavy atom. The van der Waals surface area contributed by atoms with E-state index in [2.05, 4.69) is 9.47 Å². The van der Waals surface area contributed by atoms with E-state index in [1.165, 1.54) is 26.8 Å². The number of benzene rings is 2. The Kier molecular flexibility index (Phi) is 3.97. The van der Waals surface area contributed by atoms with Crippen LogP contribution < -0.4 is 9.47 Å². The molecule has 0 saturated heterocycles. The van der Waals surface area contributed by atoms with Gasteiger partial charge in [-0.05, 0) is 60.6 Å². The van der Waals surface area contributed by atoms with Crippen LogP contribution in [0.3, 0.4) is 0 Å². The number of alkyl halides is 2. The number of Topliss-reactive ketones (excluding diaryl/α,β-unsaturated/α-hetero) is 1. The number of fused-ring (bicyclic) bond motifs is 2. The maximum Gasteiger partial charge on any atom is 0.586 e. The van der Waals surface area contributed by atoms with Crippen molar-refractivity contribution in [2.75, 3.05) is 6.61 Å². The van der Waals surface area contributed by atoms with E-state index in [0.29, 0.717) is 4.57 Å². The number of halogens is 3. The van der Waals surface area contributed by atoms with Crippen LogP contribution in [0, 0.1) is 5.82 Å². The van der Waals surface area contributed by atoms with Crippen LogP contribution in [-0.4, -0.2) is 39.5 Å². The zero-order valence-corrected chi connectivity index (χ0v) is 20.1. The van der Waals surface area contributed by atoms with Crippen LogP contribution in [0.25, 0.3) is 10.9 Å². The van der Waals surface area contributed by atoms with Crippen molar-refractivity contribution in [3.05, 3.63) is 59.0 Å². The molecule has 6 nitrogen and oxygen atoms in total. The van der Waals surface area contributed by atoms with E-state index in [-0.39, 0.29) is 27.7 Å². The lowest BCUT2D eigenvalue weighted by atomic mass is 9.86. The zero-order chi connectivity index (χ0) is 34.8. The second-order valence-electron chi connectivity index (χ2n) is 9.39. The third-order valence-corrected chi connectivity index (χ3v) is 6.60. The van der Waals surface area contributed by atoms with Crippen LogP contribution in [-0.2, 0) is 28.5 Å². The van der Waals surface area contributed by atoms with Crippen LogP contribution in [0.5, 0.6) is 11.5 Å². The number of rotatable bonds is 9. The van der Waals surface area contributed by atoms with Gasteiger partial charge in [-0.15, -0.1) is 8.78 Å². The summed E-state index contributed by atoms with van der Waals surface area (Å²) in [4.78, 5) is 13.9. The van der Waals surface area contributed by atoms with E-state index in [1.807, 2.05) is 0 Å². The molecule has 1 aliphatic carbocycles. The number of aromatic nitrogens is 1. The number of aliphatic hydroxyl groups excluding tert-OH is 1. The number of carbonyl (C=O) groups is 1. The smallest absolute Gasteiger partial charge is 0.395 e. The summed E-state index contributed by atoms with van der Waals surface area (Å²) in [6.45, 7) is -0.483. The monoisotopic (exact) mass is 526 g/mol. The summed E-state index contributed by atoms with van der Waals surface area (Å²) >= 11 is 0. The van der Waals surface area contributed by atoms with Crippen LogP contribution in [0.2, 0.25) is 0 Å². The van der Waals surface area contributed by atoms with Gasteiger partial charge in [-0.3, -0.25) is 4.79 Å². The molecule has 0 spiro atoms. The molecule has 0 bridgehead atoms. The Morgan fingerprint density at radius 1 is 1.24 bits per heavy atom. The summed E-state index contributed by atoms with van der Waals surface area (Å²) in [5, 5.41) is 20.1. The first-order valence-electron chi connectivity index (χ1n) is 15.8. The molecule has 1 saturated carbocycles. The maximum atomic E-state index is 15.8. The van der Waals surface area contributed by atoms with Gasteiger partial charge in [-0.25, -0.2) is 4.39 Å². The third-order valence-electron chi connectivity index (χ3n) is 6.60. The molecular formula is C28H30F3NO5. The minimum Gasteiger partial charge on any atom is -0.395 e. The first-order valence-corrected chi connectivity index (χ1v) is 11.3. The minimum absolute atomic E-state index is 0.0234. The van der Waals surface area contributed by atoms with Crippen LogP contribution in [0.15, 0.2) is 36.4 Å². The van der Waals surface area contributed by atoms with E-state index in [9.17, 15) is 23.8 Å². The van der Waals surface area contributed by atoms with Crippen molar-refractivity contribution < 1.29 is 50.0 Å². The van der Waals surface area contributed by atoms with Crippen molar-refractivity contribution in [1.29, 1.82) is 0 Å². The molecule has 1 fully saturated rings. The molecule has 198 valence electrons. The molecule has 2 N–H and O–H groups in total. The summed E-state index contributed by atoms with van der Waals surface area (Å²) < 4.78 is 128. The molecule has 5 rings (SSSR count). The van der Waals surface area contributed by atoms with Crippen molar-refractivity contribution in [1.82, 2.24) is 4.57 Å². The fraction of sp³-hybridized carbons (Fsp3) is 0.464. The summed E-state index contributed by atoms with van der Waals surface area (Å²) in [6, 6.07) is 6.04. The van der Waals surface area contributed by atoms with Gasteiger partial charge in [-0.1, -0.05) is 26.8 Å². The Labute approximate surface area is 225 Å². The van der Waals surface area contributed by atoms with Gasteiger partial charge in [0, 0.05) is 31.1 Å². The Bertz CT molecular complexity index is 1760. The number of hydrogen-bond donors (Lipinski definition) is 2. The molecule has 2 aliphatic rings. The molecule has 0 unspecified atom stereocenters. The second-order valence-corrected chi connectivity index (χ2v) is 9.39. The lowest BCUT2D eigenvalue weighted by molar-refractivity contribution is -0.286. The average molecular weight is 527 g/mol. The number of ketones is 1. The van der Waals surface area contributed by atoms with E-state index in [1.54, 1.807) is 0 Å². The fourth-order valence-electron chi connectivity index (χ4n) is 4.28. The molecule has 2 aromatic carbocycles. The lowest BCUT2D eigenvalue weighted by Gasteiger charge is -2.26. The topological polar surface area (TPSA) is 80.9 Å². The number of ether oxygens (including phenoxy) is 2. The summed E-state index contributed by atoms with van der Waals surface area (Å²) in [7, 11) is 0. The van der Waals surface area contributed by atoms with Crippen molar-refractivity contribution in [3.8, 4) is 11.5 Å². The molecule has 0 radical (unpaired) electrons. The standard InChI is InChI=1S/C28H30F3NO5/c1-4-26(2,3)24-10-17-9-16(20(29)13-21(17)32(24)14-19(34)15-33)11-25(35)27(7-8-27)18-5-6-22-23(12-18)37-28(30,31)36-22/h5-6,9-10,12-13,19,33-34H,4,7-8,11,14-15H2,1-3H3/t19-/m0/s1/i4D2,7D2,8D2,14D2,19D. The summed E-state index contributed by atoms with van der Waals surface area (Å²) in [5.74, 6) is -3.26. The summed E-state index contributed by atoms with van der Waals surface area (Å²) in [6.07, 6.45) is -15.9. The van der Waals surface area contributed by atoms with Crippen LogP contribution in [0.1, 0.15) is 69.0 Å². The molecule has 1 atom stereocenters. The van der Waals surface area contributed by atoms with Gasteiger partial charge in [0.25, 0.3) is 0 Å². The van der Waals surface area contributed by atoms with Gasteiger partial charge in [0.1, 0.15) is 11.6 Å². The quantitative estimate of drug-likeness (QED) is 0.411.